The lowest BCUT2D eigenvalue weighted by Gasteiger charge is -2.25. The van der Waals surface area contributed by atoms with Crippen LogP contribution in [0, 0.1) is 0 Å². The Bertz CT molecular complexity index is 831. The molecule has 0 aromatic carbocycles. The predicted molar refractivity (Wildman–Crippen MR) is 119 cm³/mol. The van der Waals surface area contributed by atoms with Crippen LogP contribution in [-0.2, 0) is 16.0 Å². The molecule has 2 heterocycles. The van der Waals surface area contributed by atoms with Crippen molar-refractivity contribution >= 4 is 11.8 Å². The van der Waals surface area contributed by atoms with E-state index in [-0.39, 0.29) is 30.4 Å². The van der Waals surface area contributed by atoms with E-state index in [4.69, 9.17) is 4.98 Å². The molecule has 0 radical (unpaired) electrons. The summed E-state index contributed by atoms with van der Waals surface area (Å²) in [7, 11) is 1.71. The van der Waals surface area contributed by atoms with Crippen molar-refractivity contribution in [1.29, 1.82) is 0 Å². The lowest BCUT2D eigenvalue weighted by atomic mass is 10.1. The Morgan fingerprint density at radius 3 is 2.83 bits per heavy atom. The van der Waals surface area contributed by atoms with E-state index in [9.17, 15) is 9.59 Å². The molecule has 1 aromatic heterocycles. The first-order valence-corrected chi connectivity index (χ1v) is 10.2. The predicted octanol–water partition coefficient (Wildman–Crippen LogP) is 2.26. The minimum atomic E-state index is -0.345. The number of amides is 2. The van der Waals surface area contributed by atoms with Crippen molar-refractivity contribution < 1.29 is 9.59 Å². The molecule has 1 saturated heterocycles. The van der Waals surface area contributed by atoms with Gasteiger partial charge in [-0.25, -0.2) is 0 Å². The molecule has 1 aromatic rings. The Labute approximate surface area is 178 Å². The van der Waals surface area contributed by atoms with Gasteiger partial charge in [0.2, 0.25) is 11.8 Å². The number of hydrogen-bond acceptors (Lipinski definition) is 5. The maximum atomic E-state index is 12.7. The monoisotopic (exact) mass is 409 g/mol. The van der Waals surface area contributed by atoms with Gasteiger partial charge in [0.15, 0.2) is 0 Å². The fourth-order valence-corrected chi connectivity index (χ4v) is 3.32. The molecule has 0 aliphatic carbocycles. The highest BCUT2D eigenvalue weighted by Gasteiger charge is 2.31. The lowest BCUT2D eigenvalue weighted by Crippen LogP contribution is -2.45. The van der Waals surface area contributed by atoms with Gasteiger partial charge in [0.1, 0.15) is 0 Å². The van der Waals surface area contributed by atoms with E-state index in [1.54, 1.807) is 43.4 Å². The molecular formula is C23H31N5O2. The van der Waals surface area contributed by atoms with Gasteiger partial charge in [-0.05, 0) is 32.4 Å². The van der Waals surface area contributed by atoms with Gasteiger partial charge in [0.25, 0.3) is 0 Å². The second-order valence-electron chi connectivity index (χ2n) is 7.16. The number of likely N-dealkylation sites (N-methyl/N-ethyl adjacent to an activating group) is 1. The van der Waals surface area contributed by atoms with Crippen LogP contribution in [0.2, 0.25) is 0 Å². The molecule has 2 amide bonds. The number of hydrogen-bond donors (Lipinski definition) is 2. The van der Waals surface area contributed by atoms with E-state index in [1.807, 2.05) is 18.2 Å². The fraction of sp³-hybridized carbons (Fsp3) is 0.391. The highest BCUT2D eigenvalue weighted by molar-refractivity contribution is 5.87. The quantitative estimate of drug-likeness (QED) is 0.579. The number of nitrogens with one attached hydrogen (secondary N) is 2. The first kappa shape index (κ1) is 23.2. The fourth-order valence-electron chi connectivity index (χ4n) is 3.32. The molecule has 2 rings (SSSR count). The third kappa shape index (κ3) is 6.49. The molecular weight excluding hydrogens is 378 g/mol. The van der Waals surface area contributed by atoms with Crippen LogP contribution in [0.15, 0.2) is 61.5 Å². The van der Waals surface area contributed by atoms with Crippen molar-refractivity contribution in [2.45, 2.75) is 38.3 Å². The van der Waals surface area contributed by atoms with Crippen molar-refractivity contribution in [3.8, 4) is 0 Å². The minimum absolute atomic E-state index is 0.0208. The summed E-state index contributed by atoms with van der Waals surface area (Å²) in [6.45, 7) is 9.83. The average molecular weight is 410 g/mol. The van der Waals surface area contributed by atoms with E-state index >= 15 is 0 Å². The Morgan fingerprint density at radius 2 is 2.13 bits per heavy atom. The van der Waals surface area contributed by atoms with Crippen LogP contribution in [0.4, 0.5) is 0 Å². The summed E-state index contributed by atoms with van der Waals surface area (Å²) in [6.07, 6.45) is 15.0. The van der Waals surface area contributed by atoms with Crippen molar-refractivity contribution in [3.05, 3.63) is 72.9 Å². The van der Waals surface area contributed by atoms with Gasteiger partial charge < -0.3 is 15.5 Å². The van der Waals surface area contributed by atoms with Crippen LogP contribution < -0.4 is 10.6 Å². The summed E-state index contributed by atoms with van der Waals surface area (Å²) in [5, 5.41) is 5.55. The van der Waals surface area contributed by atoms with Crippen molar-refractivity contribution in [2.24, 2.45) is 0 Å². The van der Waals surface area contributed by atoms with Gasteiger partial charge in [-0.2, -0.15) is 0 Å². The first-order chi connectivity index (χ1) is 14.5. The molecule has 1 unspecified atom stereocenters. The second kappa shape index (κ2) is 11.8. The van der Waals surface area contributed by atoms with E-state index in [0.717, 1.165) is 29.8 Å². The van der Waals surface area contributed by atoms with Crippen LogP contribution in [-0.4, -0.2) is 52.9 Å². The van der Waals surface area contributed by atoms with E-state index in [0.29, 0.717) is 13.0 Å². The van der Waals surface area contributed by atoms with Crippen LogP contribution in [0.5, 0.6) is 0 Å². The molecule has 2 atom stereocenters. The average Bonchev–Trinajstić information content (AvgIpc) is 3.25. The van der Waals surface area contributed by atoms with Crippen LogP contribution in [0.25, 0.3) is 0 Å². The van der Waals surface area contributed by atoms with Crippen molar-refractivity contribution in [2.75, 3.05) is 20.1 Å². The summed E-state index contributed by atoms with van der Waals surface area (Å²) < 4.78 is 0. The maximum absolute atomic E-state index is 12.7. The molecule has 1 aliphatic rings. The van der Waals surface area contributed by atoms with Gasteiger partial charge in [0.05, 0.1) is 36.2 Å². The third-order valence-corrected chi connectivity index (χ3v) is 5.02. The summed E-state index contributed by atoms with van der Waals surface area (Å²) in [5.74, 6) is -0.306. The molecule has 30 heavy (non-hydrogen) atoms. The molecule has 0 bridgehead atoms. The van der Waals surface area contributed by atoms with Gasteiger partial charge >= 0.3 is 0 Å². The van der Waals surface area contributed by atoms with Crippen molar-refractivity contribution in [1.82, 2.24) is 25.5 Å². The topological polar surface area (TPSA) is 87.2 Å². The lowest BCUT2D eigenvalue weighted by molar-refractivity contribution is -0.134. The molecule has 7 nitrogen and oxygen atoms in total. The number of carbonyl (C=O) groups excluding carboxylic acids is 2. The van der Waals surface area contributed by atoms with Gasteiger partial charge in [0, 0.05) is 19.2 Å². The minimum Gasteiger partial charge on any atom is -0.346 e. The highest BCUT2D eigenvalue weighted by Crippen LogP contribution is 2.30. The molecule has 0 saturated carbocycles. The second-order valence-corrected chi connectivity index (χ2v) is 7.16. The number of aromatic nitrogens is 2. The Hall–Kier alpha value is -3.06. The van der Waals surface area contributed by atoms with E-state index < -0.39 is 0 Å². The Balaban J connectivity index is 2.09. The van der Waals surface area contributed by atoms with Crippen LogP contribution >= 0.6 is 0 Å². The summed E-state index contributed by atoms with van der Waals surface area (Å²) in [5.41, 5.74) is 2.64. The highest BCUT2D eigenvalue weighted by atomic mass is 16.2. The zero-order chi connectivity index (χ0) is 21.9. The molecule has 1 aliphatic heterocycles. The normalized spacial score (nSPS) is 17.7. The maximum Gasteiger partial charge on any atom is 0.242 e. The number of carbonyl (C=O) groups is 2. The Kier molecular flexibility index (Phi) is 9.15. The van der Waals surface area contributed by atoms with Crippen LogP contribution in [0.3, 0.4) is 0 Å². The Morgan fingerprint density at radius 1 is 1.33 bits per heavy atom. The largest absolute Gasteiger partial charge is 0.346 e. The first-order valence-electron chi connectivity index (χ1n) is 10.2. The van der Waals surface area contributed by atoms with Gasteiger partial charge in [-0.1, -0.05) is 43.5 Å². The SMILES string of the molecule is C=C/C=C\C(=C/C=C)Cc1cncc(C2CCCN2C(=O)CNC(=O)[C@H](C)NC)n1. The number of rotatable bonds is 10. The zero-order valence-electron chi connectivity index (χ0n) is 17.8. The van der Waals surface area contributed by atoms with Gasteiger partial charge in [-0.3, -0.25) is 19.6 Å². The molecule has 0 spiro atoms. The van der Waals surface area contributed by atoms with Gasteiger partial charge in [-0.15, -0.1) is 0 Å². The third-order valence-electron chi connectivity index (χ3n) is 5.02. The zero-order valence-corrected chi connectivity index (χ0v) is 17.8. The van der Waals surface area contributed by atoms with E-state index in [1.165, 1.54) is 0 Å². The summed E-state index contributed by atoms with van der Waals surface area (Å²) >= 11 is 0. The molecule has 2 N–H and O–H groups in total. The number of likely N-dealkylation sites (tertiary alicyclic amines) is 1. The number of nitrogens with zero attached hydrogens (tertiary/aromatic N) is 3. The summed E-state index contributed by atoms with van der Waals surface area (Å²) in [4.78, 5) is 35.5. The molecule has 1 fully saturated rings. The number of allylic oxidation sites excluding steroid dienone is 6. The molecule has 160 valence electrons. The summed E-state index contributed by atoms with van der Waals surface area (Å²) in [6, 6.07) is -0.471. The molecule has 7 heteroatoms. The van der Waals surface area contributed by atoms with E-state index in [2.05, 4.69) is 28.8 Å². The van der Waals surface area contributed by atoms with Crippen molar-refractivity contribution in [3.63, 3.8) is 0 Å². The standard InChI is InChI=1S/C23H31N5O2/c1-5-7-10-18(9-6-2)13-19-14-25-15-20(27-19)21-11-8-12-28(21)22(29)16-26-23(30)17(3)24-4/h5-7,9-10,14-15,17,21,24H,1-2,8,11-13,16H2,3-4H3,(H,26,30)/b10-7-,18-9+/t17-,21?/m0/s1. The van der Waals surface area contributed by atoms with Crippen LogP contribution in [0.1, 0.15) is 37.2 Å². The smallest absolute Gasteiger partial charge is 0.242 e.